The number of rotatable bonds is 4. The van der Waals surface area contributed by atoms with Crippen LogP contribution >= 0.6 is 0 Å². The lowest BCUT2D eigenvalue weighted by atomic mass is 9.74. The minimum atomic E-state index is -0.983. The van der Waals surface area contributed by atoms with E-state index in [0.717, 1.165) is 22.0 Å². The molecule has 142 valence electrons. The van der Waals surface area contributed by atoms with Crippen LogP contribution in [-0.2, 0) is 14.3 Å². The number of ether oxygens (including phenoxy) is 1. The summed E-state index contributed by atoms with van der Waals surface area (Å²) < 4.78 is 6.21. The molecule has 28 heavy (non-hydrogen) atoms. The molecule has 5 rings (SSSR count). The van der Waals surface area contributed by atoms with Crippen LogP contribution in [0, 0.1) is 11.8 Å². The molecule has 2 bridgehead atoms. The molecular formula is C23H21NO4. The average Bonchev–Trinajstić information content (AvgIpc) is 3.30. The Morgan fingerprint density at radius 2 is 2.00 bits per heavy atom. The van der Waals surface area contributed by atoms with Gasteiger partial charge in [0.25, 0.3) is 0 Å². The number of fused-ring (bicyclic) bond motifs is 2. The van der Waals surface area contributed by atoms with Gasteiger partial charge in [0.1, 0.15) is 11.5 Å². The summed E-state index contributed by atoms with van der Waals surface area (Å²) in [4.78, 5) is 27.4. The molecular weight excluding hydrogens is 354 g/mol. The molecule has 3 aliphatic heterocycles. The number of benzene rings is 2. The summed E-state index contributed by atoms with van der Waals surface area (Å²) in [5.41, 5.74) is 0.806. The number of carboxylic acid groups (broad SMARTS) is 1. The van der Waals surface area contributed by atoms with E-state index in [9.17, 15) is 14.7 Å². The normalized spacial score (nSPS) is 32.9. The van der Waals surface area contributed by atoms with Crippen molar-refractivity contribution in [3.8, 4) is 0 Å². The first kappa shape index (κ1) is 17.2. The molecule has 0 radical (unpaired) electrons. The minimum Gasteiger partial charge on any atom is -0.481 e. The van der Waals surface area contributed by atoms with Gasteiger partial charge in [0.2, 0.25) is 5.91 Å². The molecule has 0 aromatic heterocycles. The number of amides is 1. The number of carbonyl (C=O) groups is 2. The van der Waals surface area contributed by atoms with Crippen molar-refractivity contribution >= 4 is 28.3 Å². The van der Waals surface area contributed by atoms with Crippen molar-refractivity contribution in [2.45, 2.75) is 31.1 Å². The summed E-state index contributed by atoms with van der Waals surface area (Å²) in [5, 5.41) is 11.8. The second-order valence-corrected chi connectivity index (χ2v) is 8.02. The Kier molecular flexibility index (Phi) is 3.55. The lowest BCUT2D eigenvalue weighted by molar-refractivity contribution is -0.146. The van der Waals surface area contributed by atoms with E-state index >= 15 is 0 Å². The highest BCUT2D eigenvalue weighted by atomic mass is 16.5. The lowest BCUT2D eigenvalue weighted by Crippen LogP contribution is -2.45. The Morgan fingerprint density at radius 1 is 1.25 bits per heavy atom. The molecule has 1 N–H and O–H groups in total. The molecule has 0 saturated carbocycles. The lowest BCUT2D eigenvalue weighted by Gasteiger charge is -2.34. The van der Waals surface area contributed by atoms with Gasteiger partial charge in [0.15, 0.2) is 0 Å². The zero-order valence-electron chi connectivity index (χ0n) is 15.5. The van der Waals surface area contributed by atoms with E-state index in [-0.39, 0.29) is 11.9 Å². The molecule has 3 heterocycles. The van der Waals surface area contributed by atoms with Crippen LogP contribution in [-0.4, -0.2) is 34.7 Å². The molecule has 5 atom stereocenters. The summed E-state index contributed by atoms with van der Waals surface area (Å²) in [6.45, 7) is 5.97. The van der Waals surface area contributed by atoms with Gasteiger partial charge in [-0.1, -0.05) is 54.1 Å². The number of aliphatic carboxylic acids is 1. The van der Waals surface area contributed by atoms with Gasteiger partial charge >= 0.3 is 5.97 Å². The maximum absolute atomic E-state index is 13.6. The fourth-order valence-corrected chi connectivity index (χ4v) is 5.22. The molecule has 2 saturated heterocycles. The molecule has 0 aliphatic carbocycles. The van der Waals surface area contributed by atoms with Crippen molar-refractivity contribution < 1.29 is 19.4 Å². The standard InChI is InChI=1S/C23H21NO4/c1-13(2)12-18-23-11-10-17(28-23)19(22(26)27)20(23)21(25)24(18)16-9-5-7-14-6-3-4-8-15(14)16/h3-11,17-20H,1,12H2,2H3,(H,26,27)/t17-,18?,19?,20?,23-/m0/s1. The van der Waals surface area contributed by atoms with E-state index in [1.807, 2.05) is 55.5 Å². The Bertz CT molecular complexity index is 1050. The van der Waals surface area contributed by atoms with Gasteiger partial charge in [-0.2, -0.15) is 0 Å². The van der Waals surface area contributed by atoms with Gasteiger partial charge in [-0.05, 0) is 24.8 Å². The van der Waals surface area contributed by atoms with Crippen LogP contribution in [0.2, 0.25) is 0 Å². The molecule has 5 nitrogen and oxygen atoms in total. The number of hydrogen-bond acceptors (Lipinski definition) is 3. The maximum Gasteiger partial charge on any atom is 0.310 e. The van der Waals surface area contributed by atoms with Crippen molar-refractivity contribution in [3.63, 3.8) is 0 Å². The fraction of sp³-hybridized carbons (Fsp3) is 0.304. The van der Waals surface area contributed by atoms with Crippen LogP contribution in [0.25, 0.3) is 10.8 Å². The molecule has 2 aromatic rings. The molecule has 3 unspecified atom stereocenters. The van der Waals surface area contributed by atoms with Crippen LogP contribution in [0.1, 0.15) is 13.3 Å². The maximum atomic E-state index is 13.6. The molecule has 1 amide bonds. The number of hydrogen-bond donors (Lipinski definition) is 1. The van der Waals surface area contributed by atoms with Crippen LogP contribution < -0.4 is 4.90 Å². The van der Waals surface area contributed by atoms with Gasteiger partial charge in [-0.25, -0.2) is 0 Å². The van der Waals surface area contributed by atoms with E-state index in [1.54, 1.807) is 11.0 Å². The van der Waals surface area contributed by atoms with Crippen LogP contribution in [0.4, 0.5) is 5.69 Å². The van der Waals surface area contributed by atoms with Crippen molar-refractivity contribution in [2.75, 3.05) is 4.90 Å². The van der Waals surface area contributed by atoms with Gasteiger partial charge in [0.05, 0.1) is 23.8 Å². The summed E-state index contributed by atoms with van der Waals surface area (Å²) in [6, 6.07) is 13.4. The van der Waals surface area contributed by atoms with Gasteiger partial charge < -0.3 is 14.7 Å². The molecule has 2 fully saturated rings. The predicted molar refractivity (Wildman–Crippen MR) is 106 cm³/mol. The van der Waals surface area contributed by atoms with E-state index in [4.69, 9.17) is 4.74 Å². The smallest absolute Gasteiger partial charge is 0.310 e. The highest BCUT2D eigenvalue weighted by Gasteiger charge is 2.71. The first-order valence-corrected chi connectivity index (χ1v) is 9.49. The number of anilines is 1. The van der Waals surface area contributed by atoms with Crippen molar-refractivity contribution in [1.29, 1.82) is 0 Å². The van der Waals surface area contributed by atoms with E-state index in [2.05, 4.69) is 6.58 Å². The predicted octanol–water partition coefficient (Wildman–Crippen LogP) is 3.55. The second-order valence-electron chi connectivity index (χ2n) is 8.02. The third kappa shape index (κ3) is 2.11. The highest BCUT2D eigenvalue weighted by molar-refractivity contribution is 6.09. The monoisotopic (exact) mass is 375 g/mol. The number of carboxylic acids is 1. The first-order valence-electron chi connectivity index (χ1n) is 9.49. The zero-order chi connectivity index (χ0) is 19.6. The van der Waals surface area contributed by atoms with Gasteiger partial charge in [-0.15, -0.1) is 6.58 Å². The van der Waals surface area contributed by atoms with Crippen molar-refractivity contribution in [1.82, 2.24) is 0 Å². The SMILES string of the molecule is C=C(C)CC1N(c2cccc3ccccc23)C(=O)C2C(C(=O)O)[C@@H]3C=C[C@@]21O3. The van der Waals surface area contributed by atoms with Gasteiger partial charge in [0, 0.05) is 5.39 Å². The number of nitrogens with zero attached hydrogens (tertiary/aromatic N) is 1. The molecule has 2 aromatic carbocycles. The summed E-state index contributed by atoms with van der Waals surface area (Å²) in [7, 11) is 0. The summed E-state index contributed by atoms with van der Waals surface area (Å²) >= 11 is 0. The highest BCUT2D eigenvalue weighted by Crippen LogP contribution is 2.57. The Balaban J connectivity index is 1.71. The third-order valence-electron chi connectivity index (χ3n) is 6.27. The van der Waals surface area contributed by atoms with Crippen LogP contribution in [0.5, 0.6) is 0 Å². The molecule has 1 spiro atoms. The van der Waals surface area contributed by atoms with Crippen molar-refractivity contribution in [3.05, 3.63) is 66.8 Å². The quantitative estimate of drug-likeness (QED) is 0.830. The molecule has 3 aliphatic rings. The number of carbonyl (C=O) groups excluding carboxylic acids is 1. The van der Waals surface area contributed by atoms with Crippen LogP contribution in [0.3, 0.4) is 0 Å². The van der Waals surface area contributed by atoms with E-state index < -0.39 is 29.5 Å². The minimum absolute atomic E-state index is 0.179. The summed E-state index contributed by atoms with van der Waals surface area (Å²) in [6.07, 6.45) is 3.72. The first-order chi connectivity index (χ1) is 13.4. The van der Waals surface area contributed by atoms with Crippen LogP contribution in [0.15, 0.2) is 66.8 Å². The Hall–Kier alpha value is -2.92. The van der Waals surface area contributed by atoms with Gasteiger partial charge in [-0.3, -0.25) is 9.59 Å². The van der Waals surface area contributed by atoms with Crippen molar-refractivity contribution in [2.24, 2.45) is 11.8 Å². The summed E-state index contributed by atoms with van der Waals surface area (Å²) in [5.74, 6) is -2.74. The zero-order valence-corrected chi connectivity index (χ0v) is 15.5. The molecule has 5 heteroatoms. The van der Waals surface area contributed by atoms with E-state index in [1.165, 1.54) is 0 Å². The fourth-order valence-electron chi connectivity index (χ4n) is 5.22. The topological polar surface area (TPSA) is 66.8 Å². The largest absolute Gasteiger partial charge is 0.481 e. The third-order valence-corrected chi connectivity index (χ3v) is 6.27. The Morgan fingerprint density at radius 3 is 2.75 bits per heavy atom. The Labute approximate surface area is 162 Å². The average molecular weight is 375 g/mol. The second kappa shape index (κ2) is 5.79. The van der Waals surface area contributed by atoms with E-state index in [0.29, 0.717) is 6.42 Å².